The monoisotopic (exact) mass is 340 g/mol. The van der Waals surface area contributed by atoms with Crippen molar-refractivity contribution >= 4 is 27.5 Å². The van der Waals surface area contributed by atoms with E-state index in [9.17, 15) is 0 Å². The Morgan fingerprint density at radius 1 is 1.16 bits per heavy atom. The van der Waals surface area contributed by atoms with Crippen LogP contribution in [0, 0.1) is 0 Å². The van der Waals surface area contributed by atoms with Gasteiger partial charge in [-0.3, -0.25) is 0 Å². The van der Waals surface area contributed by atoms with Crippen molar-refractivity contribution in [2.75, 3.05) is 7.11 Å². The summed E-state index contributed by atoms with van der Waals surface area (Å²) in [5.41, 5.74) is 1.15. The van der Waals surface area contributed by atoms with E-state index in [2.05, 4.69) is 25.9 Å². The van der Waals surface area contributed by atoms with Crippen LogP contribution >= 0.6 is 27.5 Å². The molecule has 0 saturated heterocycles. The lowest BCUT2D eigenvalue weighted by molar-refractivity contribution is 0.0115. The van der Waals surface area contributed by atoms with Gasteiger partial charge in [-0.1, -0.05) is 41.9 Å². The second-order valence-corrected chi connectivity index (χ2v) is 5.73. The fourth-order valence-electron chi connectivity index (χ4n) is 1.57. The molecule has 1 heterocycles. The molecule has 0 spiro atoms. The van der Waals surface area contributed by atoms with Gasteiger partial charge in [0.1, 0.15) is 10.8 Å². The molecule has 3 nitrogen and oxygen atoms in total. The van der Waals surface area contributed by atoms with Gasteiger partial charge >= 0.3 is 0 Å². The zero-order valence-corrected chi connectivity index (χ0v) is 13.3. The van der Waals surface area contributed by atoms with Crippen molar-refractivity contribution in [3.63, 3.8) is 0 Å². The highest BCUT2D eigenvalue weighted by molar-refractivity contribution is 9.10. The lowest BCUT2D eigenvalue weighted by atomic mass is 10.1. The molecule has 2 aromatic rings. The summed E-state index contributed by atoms with van der Waals surface area (Å²) in [7, 11) is 1.63. The summed E-state index contributed by atoms with van der Waals surface area (Å²) in [6.45, 7) is 3.81. The highest BCUT2D eigenvalue weighted by Gasteiger charge is 2.26. The van der Waals surface area contributed by atoms with Gasteiger partial charge in [-0.15, -0.1) is 0 Å². The summed E-state index contributed by atoms with van der Waals surface area (Å²) in [5, 5.41) is 0.383. The smallest absolute Gasteiger partial charge is 0.162 e. The fraction of sp³-hybridized carbons (Fsp3) is 0.286. The molecule has 0 radical (unpaired) electrons. The van der Waals surface area contributed by atoms with E-state index in [0.717, 1.165) is 11.3 Å². The van der Waals surface area contributed by atoms with Crippen LogP contribution in [-0.4, -0.2) is 17.1 Å². The molecule has 2 rings (SSSR count). The summed E-state index contributed by atoms with van der Waals surface area (Å²) < 4.78 is 6.10. The lowest BCUT2D eigenvalue weighted by Gasteiger charge is -2.22. The molecule has 0 atom stereocenters. The number of methoxy groups -OCH3 is 1. The quantitative estimate of drug-likeness (QED) is 0.774. The minimum absolute atomic E-state index is 0.383. The Kier molecular flexibility index (Phi) is 4.23. The highest BCUT2D eigenvalue weighted by atomic mass is 79.9. The summed E-state index contributed by atoms with van der Waals surface area (Å²) in [5.74, 6) is 0.557. The predicted octanol–water partition coefficient (Wildman–Crippen LogP) is 4.44. The number of benzene rings is 1. The van der Waals surface area contributed by atoms with Crippen LogP contribution in [0.1, 0.15) is 19.7 Å². The molecule has 0 bridgehead atoms. The van der Waals surface area contributed by atoms with Crippen molar-refractivity contribution in [1.29, 1.82) is 0 Å². The molecule has 0 N–H and O–H groups in total. The van der Waals surface area contributed by atoms with Crippen LogP contribution < -0.4 is 0 Å². The highest BCUT2D eigenvalue weighted by Crippen LogP contribution is 2.33. The van der Waals surface area contributed by atoms with Gasteiger partial charge in [0.05, 0.1) is 10.2 Å². The van der Waals surface area contributed by atoms with E-state index in [1.165, 1.54) is 0 Å². The van der Waals surface area contributed by atoms with Crippen LogP contribution in [0.15, 0.2) is 34.8 Å². The predicted molar refractivity (Wildman–Crippen MR) is 80.2 cm³/mol. The number of ether oxygens (including phenoxy) is 1. The Hall–Kier alpha value is -0.970. The third kappa shape index (κ3) is 2.96. The first-order chi connectivity index (χ1) is 8.95. The maximum absolute atomic E-state index is 6.18. The van der Waals surface area contributed by atoms with Crippen molar-refractivity contribution in [1.82, 2.24) is 9.97 Å². The van der Waals surface area contributed by atoms with Crippen molar-refractivity contribution < 1.29 is 4.74 Å². The second-order valence-electron chi connectivity index (χ2n) is 4.58. The summed E-state index contributed by atoms with van der Waals surface area (Å²) >= 11 is 9.62. The van der Waals surface area contributed by atoms with Crippen LogP contribution in [0.2, 0.25) is 5.15 Å². The Morgan fingerprint density at radius 3 is 2.37 bits per heavy atom. The minimum Gasteiger partial charge on any atom is -0.371 e. The Morgan fingerprint density at radius 2 is 1.79 bits per heavy atom. The molecule has 0 amide bonds. The van der Waals surface area contributed by atoms with E-state index < -0.39 is 5.60 Å². The van der Waals surface area contributed by atoms with Gasteiger partial charge in [-0.25, -0.2) is 9.97 Å². The molecule has 0 saturated carbocycles. The molecule has 1 aromatic carbocycles. The molecular formula is C14H14BrClN2O. The number of nitrogens with zero attached hydrogens (tertiary/aromatic N) is 2. The minimum atomic E-state index is -0.589. The van der Waals surface area contributed by atoms with Crippen LogP contribution in [0.4, 0.5) is 0 Å². The molecule has 0 aliphatic heterocycles. The van der Waals surface area contributed by atoms with Gasteiger partial charge in [0.15, 0.2) is 5.82 Å². The third-order valence-corrected chi connectivity index (χ3v) is 4.16. The maximum Gasteiger partial charge on any atom is 0.162 e. The summed E-state index contributed by atoms with van der Waals surface area (Å²) in [4.78, 5) is 8.86. The van der Waals surface area contributed by atoms with Crippen molar-refractivity contribution in [3.8, 4) is 11.3 Å². The first-order valence-electron chi connectivity index (χ1n) is 5.80. The maximum atomic E-state index is 6.18. The first-order valence-corrected chi connectivity index (χ1v) is 6.97. The van der Waals surface area contributed by atoms with E-state index in [1.807, 2.05) is 44.2 Å². The van der Waals surface area contributed by atoms with Gasteiger partial charge in [-0.2, -0.15) is 0 Å². The van der Waals surface area contributed by atoms with Crippen molar-refractivity contribution in [3.05, 3.63) is 45.8 Å². The molecule has 0 fully saturated rings. The molecule has 19 heavy (non-hydrogen) atoms. The van der Waals surface area contributed by atoms with Crippen LogP contribution in [0.25, 0.3) is 11.3 Å². The Bertz CT molecular complexity index is 587. The van der Waals surface area contributed by atoms with Crippen molar-refractivity contribution in [2.45, 2.75) is 19.4 Å². The SMILES string of the molecule is COC(C)(C)c1nc(Cl)c(Br)c(-c2ccccc2)n1. The molecule has 100 valence electrons. The number of rotatable bonds is 3. The molecule has 5 heteroatoms. The largest absolute Gasteiger partial charge is 0.371 e. The second kappa shape index (κ2) is 5.57. The first kappa shape index (κ1) is 14.4. The molecular weight excluding hydrogens is 328 g/mol. The van der Waals surface area contributed by atoms with E-state index in [1.54, 1.807) is 7.11 Å². The van der Waals surface area contributed by atoms with Gasteiger partial charge in [-0.05, 0) is 29.8 Å². The fourth-order valence-corrected chi connectivity index (χ4v) is 2.14. The molecule has 1 aromatic heterocycles. The topological polar surface area (TPSA) is 35.0 Å². The summed E-state index contributed by atoms with van der Waals surface area (Å²) in [6, 6.07) is 9.83. The number of halogens is 2. The van der Waals surface area contributed by atoms with Gasteiger partial charge in [0.25, 0.3) is 0 Å². The molecule has 0 unspecified atom stereocenters. The van der Waals surface area contributed by atoms with E-state index in [4.69, 9.17) is 16.3 Å². The number of hydrogen-bond donors (Lipinski definition) is 0. The van der Waals surface area contributed by atoms with Gasteiger partial charge in [0, 0.05) is 12.7 Å². The standard InChI is InChI=1S/C14H14BrClN2O/c1-14(2,19-3)13-17-11(10(15)12(16)18-13)9-7-5-4-6-8-9/h4-8H,1-3H3. The zero-order valence-electron chi connectivity index (χ0n) is 10.9. The average molecular weight is 342 g/mol. The zero-order chi connectivity index (χ0) is 14.0. The van der Waals surface area contributed by atoms with Crippen LogP contribution in [0.5, 0.6) is 0 Å². The van der Waals surface area contributed by atoms with E-state index in [0.29, 0.717) is 15.5 Å². The van der Waals surface area contributed by atoms with Gasteiger partial charge in [0.2, 0.25) is 0 Å². The van der Waals surface area contributed by atoms with Crippen molar-refractivity contribution in [2.24, 2.45) is 0 Å². The third-order valence-electron chi connectivity index (χ3n) is 2.91. The van der Waals surface area contributed by atoms with Crippen LogP contribution in [-0.2, 0) is 10.3 Å². The number of aromatic nitrogens is 2. The van der Waals surface area contributed by atoms with E-state index >= 15 is 0 Å². The van der Waals surface area contributed by atoms with E-state index in [-0.39, 0.29) is 0 Å². The van der Waals surface area contributed by atoms with Gasteiger partial charge < -0.3 is 4.74 Å². The molecule has 0 aliphatic carbocycles. The van der Waals surface area contributed by atoms with Crippen LogP contribution in [0.3, 0.4) is 0 Å². The summed E-state index contributed by atoms with van der Waals surface area (Å²) in [6.07, 6.45) is 0. The lowest BCUT2D eigenvalue weighted by Crippen LogP contribution is -2.23. The average Bonchev–Trinajstić information content (AvgIpc) is 2.42. The normalized spacial score (nSPS) is 11.6. The molecule has 0 aliphatic rings. The Balaban J connectivity index is 2.62. The Labute approximate surface area is 126 Å². The number of hydrogen-bond acceptors (Lipinski definition) is 3.